The second kappa shape index (κ2) is 3.98. The van der Waals surface area contributed by atoms with Gasteiger partial charge in [0.1, 0.15) is 5.82 Å². The summed E-state index contributed by atoms with van der Waals surface area (Å²) in [6, 6.07) is 1.57. The zero-order chi connectivity index (χ0) is 10.8. The van der Waals surface area contributed by atoms with Crippen molar-refractivity contribution in [2.75, 3.05) is 0 Å². The molecular formula is C10H9ClFN3. The molecule has 0 amide bonds. The first kappa shape index (κ1) is 10.1. The van der Waals surface area contributed by atoms with Gasteiger partial charge in [-0.1, -0.05) is 0 Å². The van der Waals surface area contributed by atoms with Crippen molar-refractivity contribution < 1.29 is 4.39 Å². The van der Waals surface area contributed by atoms with Gasteiger partial charge in [0, 0.05) is 24.2 Å². The van der Waals surface area contributed by atoms with Gasteiger partial charge in [-0.2, -0.15) is 0 Å². The van der Waals surface area contributed by atoms with Crippen LogP contribution < -0.4 is 0 Å². The summed E-state index contributed by atoms with van der Waals surface area (Å²) >= 11 is 5.61. The molecular weight excluding hydrogens is 217 g/mol. The topological polar surface area (TPSA) is 30.7 Å². The van der Waals surface area contributed by atoms with Gasteiger partial charge in [-0.05, 0) is 13.0 Å². The summed E-state index contributed by atoms with van der Waals surface area (Å²) in [5.74, 6) is 0.666. The van der Waals surface area contributed by atoms with Crippen molar-refractivity contribution in [2.45, 2.75) is 12.8 Å². The summed E-state index contributed by atoms with van der Waals surface area (Å²) in [5, 5.41) is 0. The number of aromatic nitrogens is 3. The number of pyridine rings is 1. The Bertz CT molecular complexity index is 481. The third-order valence-corrected chi connectivity index (χ3v) is 2.44. The minimum absolute atomic E-state index is 0.134. The van der Waals surface area contributed by atoms with Crippen LogP contribution in [0.5, 0.6) is 0 Å². The second-order valence-corrected chi connectivity index (χ2v) is 3.35. The van der Waals surface area contributed by atoms with Crippen LogP contribution in [0.2, 0.25) is 0 Å². The van der Waals surface area contributed by atoms with Gasteiger partial charge >= 0.3 is 0 Å². The molecule has 0 aromatic carbocycles. The third-order valence-electron chi connectivity index (χ3n) is 2.15. The summed E-state index contributed by atoms with van der Waals surface area (Å²) in [6.45, 7) is 1.79. The Labute approximate surface area is 91.5 Å². The molecule has 2 aromatic rings. The first-order valence-electron chi connectivity index (χ1n) is 4.43. The summed E-state index contributed by atoms with van der Waals surface area (Å²) in [6.07, 6.45) is 4.80. The molecule has 2 heterocycles. The summed E-state index contributed by atoms with van der Waals surface area (Å²) < 4.78 is 15.4. The van der Waals surface area contributed by atoms with Crippen LogP contribution in [0.3, 0.4) is 0 Å². The fourth-order valence-electron chi connectivity index (χ4n) is 1.34. The van der Waals surface area contributed by atoms with E-state index in [9.17, 15) is 4.39 Å². The Hall–Kier alpha value is -1.42. The number of hydrogen-bond acceptors (Lipinski definition) is 2. The summed E-state index contributed by atoms with van der Waals surface area (Å²) in [4.78, 5) is 7.99. The van der Waals surface area contributed by atoms with Crippen LogP contribution in [0, 0.1) is 12.7 Å². The number of aryl methyl sites for hydroxylation is 1. The van der Waals surface area contributed by atoms with E-state index in [0.29, 0.717) is 11.4 Å². The number of nitrogens with zero attached hydrogens (tertiary/aromatic N) is 3. The van der Waals surface area contributed by atoms with Crippen LogP contribution >= 0.6 is 11.6 Å². The van der Waals surface area contributed by atoms with E-state index in [2.05, 4.69) is 9.97 Å². The largest absolute Gasteiger partial charge is 0.286 e. The average molecular weight is 226 g/mol. The minimum Gasteiger partial charge on any atom is -0.286 e. The van der Waals surface area contributed by atoms with Crippen LogP contribution in [-0.4, -0.2) is 14.5 Å². The van der Waals surface area contributed by atoms with Crippen molar-refractivity contribution >= 4 is 11.6 Å². The Morgan fingerprint density at radius 3 is 2.80 bits per heavy atom. The van der Waals surface area contributed by atoms with E-state index in [1.807, 2.05) is 0 Å². The molecule has 78 valence electrons. The monoisotopic (exact) mass is 225 g/mol. The molecule has 0 unspecified atom stereocenters. The van der Waals surface area contributed by atoms with Crippen molar-refractivity contribution in [3.63, 3.8) is 0 Å². The molecule has 0 N–H and O–H groups in total. The molecule has 0 radical (unpaired) electrons. The van der Waals surface area contributed by atoms with Crippen LogP contribution in [-0.2, 0) is 5.88 Å². The van der Waals surface area contributed by atoms with E-state index in [1.54, 1.807) is 30.0 Å². The molecule has 0 aliphatic rings. The number of alkyl halides is 1. The normalized spacial score (nSPS) is 10.6. The van der Waals surface area contributed by atoms with Gasteiger partial charge in [-0.3, -0.25) is 4.57 Å². The highest BCUT2D eigenvalue weighted by Gasteiger charge is 2.11. The lowest BCUT2D eigenvalue weighted by atomic mass is 10.3. The molecule has 5 heteroatoms. The van der Waals surface area contributed by atoms with Crippen LogP contribution in [0.1, 0.15) is 11.4 Å². The highest BCUT2D eigenvalue weighted by Crippen LogP contribution is 2.17. The molecule has 15 heavy (non-hydrogen) atoms. The predicted octanol–water partition coefficient (Wildman–Crippen LogP) is 2.45. The van der Waals surface area contributed by atoms with Crippen molar-refractivity contribution in [2.24, 2.45) is 0 Å². The fraction of sp³-hybridized carbons (Fsp3) is 0.200. The molecule has 2 rings (SSSR count). The lowest BCUT2D eigenvalue weighted by Crippen LogP contribution is -2.04. The van der Waals surface area contributed by atoms with E-state index in [-0.39, 0.29) is 11.7 Å². The first-order chi connectivity index (χ1) is 7.24. The average Bonchev–Trinajstić information content (AvgIpc) is 2.65. The molecule has 0 fully saturated rings. The highest BCUT2D eigenvalue weighted by molar-refractivity contribution is 6.17. The summed E-state index contributed by atoms with van der Waals surface area (Å²) in [5.41, 5.74) is 0.440. The van der Waals surface area contributed by atoms with Crippen LogP contribution in [0.15, 0.2) is 24.7 Å². The summed E-state index contributed by atoms with van der Waals surface area (Å²) in [7, 11) is 0. The Morgan fingerprint density at radius 2 is 2.20 bits per heavy atom. The molecule has 3 nitrogen and oxygen atoms in total. The molecule has 0 aliphatic heterocycles. The standard InChI is InChI=1S/C10H9ClFN3/c1-7-13-4-5-15(7)10-9(12)8(6-11)2-3-14-10/h2-5H,6H2,1H3. The van der Waals surface area contributed by atoms with Gasteiger partial charge in [0.25, 0.3) is 0 Å². The predicted molar refractivity (Wildman–Crippen MR) is 55.6 cm³/mol. The lowest BCUT2D eigenvalue weighted by Gasteiger charge is -2.07. The molecule has 0 bridgehead atoms. The van der Waals surface area contributed by atoms with Crippen LogP contribution in [0.25, 0.3) is 5.82 Å². The minimum atomic E-state index is -0.395. The second-order valence-electron chi connectivity index (χ2n) is 3.09. The van der Waals surface area contributed by atoms with Gasteiger partial charge in [0.15, 0.2) is 11.6 Å². The van der Waals surface area contributed by atoms with Crippen molar-refractivity contribution in [1.29, 1.82) is 0 Å². The molecule has 2 aromatic heterocycles. The zero-order valence-corrected chi connectivity index (χ0v) is 8.87. The Kier molecular flexibility index (Phi) is 2.68. The SMILES string of the molecule is Cc1nccn1-c1nccc(CCl)c1F. The van der Waals surface area contributed by atoms with Gasteiger partial charge in [-0.25, -0.2) is 14.4 Å². The zero-order valence-electron chi connectivity index (χ0n) is 8.11. The quantitative estimate of drug-likeness (QED) is 0.735. The number of hydrogen-bond donors (Lipinski definition) is 0. The molecule has 0 aliphatic carbocycles. The maximum Gasteiger partial charge on any atom is 0.174 e. The third kappa shape index (κ3) is 1.72. The van der Waals surface area contributed by atoms with Crippen molar-refractivity contribution in [3.05, 3.63) is 41.9 Å². The smallest absolute Gasteiger partial charge is 0.174 e. The van der Waals surface area contributed by atoms with E-state index in [0.717, 1.165) is 0 Å². The molecule has 0 spiro atoms. The van der Waals surface area contributed by atoms with Gasteiger partial charge in [0.05, 0.1) is 5.88 Å². The molecule has 0 saturated carbocycles. The molecule has 0 saturated heterocycles. The molecule has 0 atom stereocenters. The number of imidazole rings is 1. The van der Waals surface area contributed by atoms with Gasteiger partial charge in [0.2, 0.25) is 0 Å². The van der Waals surface area contributed by atoms with E-state index >= 15 is 0 Å². The van der Waals surface area contributed by atoms with E-state index in [1.165, 1.54) is 6.20 Å². The lowest BCUT2D eigenvalue weighted by molar-refractivity contribution is 0.597. The number of halogens is 2. The maximum atomic E-state index is 13.8. The fourth-order valence-corrected chi connectivity index (χ4v) is 1.55. The highest BCUT2D eigenvalue weighted by atomic mass is 35.5. The van der Waals surface area contributed by atoms with Crippen molar-refractivity contribution in [3.8, 4) is 5.82 Å². The maximum absolute atomic E-state index is 13.8. The Balaban J connectivity index is 2.59. The number of rotatable bonds is 2. The Morgan fingerprint density at radius 1 is 1.40 bits per heavy atom. The first-order valence-corrected chi connectivity index (χ1v) is 4.97. The van der Waals surface area contributed by atoms with Gasteiger partial charge in [-0.15, -0.1) is 11.6 Å². The van der Waals surface area contributed by atoms with Crippen LogP contribution in [0.4, 0.5) is 4.39 Å². The van der Waals surface area contributed by atoms with Gasteiger partial charge < -0.3 is 0 Å². The van der Waals surface area contributed by atoms with E-state index < -0.39 is 5.82 Å². The van der Waals surface area contributed by atoms with E-state index in [4.69, 9.17) is 11.6 Å². The van der Waals surface area contributed by atoms with Crippen molar-refractivity contribution in [1.82, 2.24) is 14.5 Å².